The van der Waals surface area contributed by atoms with Crippen LogP contribution in [0.3, 0.4) is 0 Å². The summed E-state index contributed by atoms with van der Waals surface area (Å²) >= 11 is 0. The number of methoxy groups -OCH3 is 1. The van der Waals surface area contributed by atoms with E-state index in [1.165, 1.54) is 0 Å². The molecule has 1 aromatic heterocycles. The van der Waals surface area contributed by atoms with Crippen LogP contribution in [0.4, 0.5) is 0 Å². The normalized spacial score (nSPS) is 12.2. The molecule has 1 unspecified atom stereocenters. The number of pyridine rings is 1. The highest BCUT2D eigenvalue weighted by Gasteiger charge is 2.17. The van der Waals surface area contributed by atoms with E-state index in [0.29, 0.717) is 13.0 Å². The summed E-state index contributed by atoms with van der Waals surface area (Å²) in [5.41, 5.74) is 2.76. The monoisotopic (exact) mass is 266 g/mol. The fraction of sp³-hybridized carbons (Fsp3) is 0.571. The summed E-state index contributed by atoms with van der Waals surface area (Å²) in [6.07, 6.45) is 3.18. The van der Waals surface area contributed by atoms with Crippen LogP contribution in [-0.2, 0) is 11.3 Å². The number of carboxylic acid groups (broad SMARTS) is 1. The highest BCUT2D eigenvalue weighted by molar-refractivity contribution is 5.73. The van der Waals surface area contributed by atoms with Gasteiger partial charge in [-0.25, -0.2) is 0 Å². The second-order valence-corrected chi connectivity index (χ2v) is 4.61. The number of hydrogen-bond donors (Lipinski definition) is 2. The minimum atomic E-state index is -0.821. The van der Waals surface area contributed by atoms with Gasteiger partial charge in [0.05, 0.1) is 12.8 Å². The predicted octanol–water partition coefficient (Wildman–Crippen LogP) is 2.05. The van der Waals surface area contributed by atoms with E-state index in [9.17, 15) is 4.79 Å². The Balaban J connectivity index is 2.80. The summed E-state index contributed by atoms with van der Waals surface area (Å²) < 4.78 is 5.33. The molecule has 106 valence electrons. The molecule has 0 spiro atoms. The summed E-state index contributed by atoms with van der Waals surface area (Å²) in [4.78, 5) is 15.4. The highest BCUT2D eigenvalue weighted by atomic mass is 16.5. The van der Waals surface area contributed by atoms with Gasteiger partial charge < -0.3 is 9.84 Å². The molecule has 0 saturated carbocycles. The Morgan fingerprint density at radius 1 is 1.53 bits per heavy atom. The number of rotatable bonds is 7. The van der Waals surface area contributed by atoms with Gasteiger partial charge in [-0.05, 0) is 20.3 Å². The highest BCUT2D eigenvalue weighted by Crippen LogP contribution is 2.23. The molecule has 0 fully saturated rings. The molecule has 0 aliphatic rings. The maximum Gasteiger partial charge on any atom is 0.320 e. The van der Waals surface area contributed by atoms with E-state index in [-0.39, 0.29) is 0 Å². The van der Waals surface area contributed by atoms with E-state index in [0.717, 1.165) is 29.0 Å². The third-order valence-electron chi connectivity index (χ3n) is 3.14. The van der Waals surface area contributed by atoms with Crippen LogP contribution in [0.2, 0.25) is 0 Å². The van der Waals surface area contributed by atoms with Crippen molar-refractivity contribution in [3.05, 3.63) is 23.0 Å². The average Bonchev–Trinajstić information content (AvgIpc) is 2.36. The number of aryl methyl sites for hydroxylation is 1. The summed E-state index contributed by atoms with van der Waals surface area (Å²) in [5.74, 6) is -0.00672. The number of ether oxygens (including phenoxy) is 1. The molecule has 1 rings (SSSR count). The van der Waals surface area contributed by atoms with E-state index in [4.69, 9.17) is 9.84 Å². The first kappa shape index (κ1) is 15.4. The van der Waals surface area contributed by atoms with Crippen molar-refractivity contribution in [3.63, 3.8) is 0 Å². The summed E-state index contributed by atoms with van der Waals surface area (Å²) in [6, 6.07) is -0.529. The fourth-order valence-electron chi connectivity index (χ4n) is 2.07. The van der Waals surface area contributed by atoms with Crippen molar-refractivity contribution in [2.24, 2.45) is 0 Å². The third-order valence-corrected chi connectivity index (χ3v) is 3.14. The molecule has 0 amide bonds. The standard InChI is InChI=1S/C14H22N2O3/c1-5-6-11(14(17)18)16-8-12-10(3)13(19-4)9(2)7-15-12/h7,11,16H,5-6,8H2,1-4H3,(H,17,18). The van der Waals surface area contributed by atoms with E-state index >= 15 is 0 Å². The zero-order valence-corrected chi connectivity index (χ0v) is 12.0. The molecule has 5 heteroatoms. The molecular formula is C14H22N2O3. The van der Waals surface area contributed by atoms with Crippen LogP contribution in [-0.4, -0.2) is 29.2 Å². The van der Waals surface area contributed by atoms with Crippen molar-refractivity contribution in [2.75, 3.05) is 7.11 Å². The maximum absolute atomic E-state index is 11.1. The molecule has 19 heavy (non-hydrogen) atoms. The Morgan fingerprint density at radius 3 is 2.74 bits per heavy atom. The summed E-state index contributed by atoms with van der Waals surface area (Å²) in [5, 5.41) is 12.1. The van der Waals surface area contributed by atoms with Crippen molar-refractivity contribution in [3.8, 4) is 5.75 Å². The fourth-order valence-corrected chi connectivity index (χ4v) is 2.07. The van der Waals surface area contributed by atoms with Crippen LogP contribution >= 0.6 is 0 Å². The number of aromatic nitrogens is 1. The Bertz CT molecular complexity index is 447. The van der Waals surface area contributed by atoms with Crippen molar-refractivity contribution in [2.45, 2.75) is 46.2 Å². The van der Waals surface area contributed by atoms with Gasteiger partial charge in [-0.2, -0.15) is 0 Å². The largest absolute Gasteiger partial charge is 0.496 e. The first-order valence-corrected chi connectivity index (χ1v) is 6.46. The van der Waals surface area contributed by atoms with Crippen molar-refractivity contribution < 1.29 is 14.6 Å². The summed E-state index contributed by atoms with van der Waals surface area (Å²) in [6.45, 7) is 6.27. The number of aliphatic carboxylic acids is 1. The first-order valence-electron chi connectivity index (χ1n) is 6.46. The molecule has 0 aliphatic carbocycles. The zero-order valence-electron chi connectivity index (χ0n) is 12.0. The summed E-state index contributed by atoms with van der Waals surface area (Å²) in [7, 11) is 1.63. The molecular weight excluding hydrogens is 244 g/mol. The van der Waals surface area contributed by atoms with Gasteiger partial charge in [0.1, 0.15) is 11.8 Å². The van der Waals surface area contributed by atoms with E-state index in [2.05, 4.69) is 10.3 Å². The molecule has 1 atom stereocenters. The molecule has 0 aromatic carbocycles. The van der Waals surface area contributed by atoms with Gasteiger partial charge in [0.25, 0.3) is 0 Å². The van der Waals surface area contributed by atoms with E-state index in [1.807, 2.05) is 20.8 Å². The number of carboxylic acids is 1. The average molecular weight is 266 g/mol. The van der Waals surface area contributed by atoms with Gasteiger partial charge in [0.15, 0.2) is 0 Å². The molecule has 2 N–H and O–H groups in total. The Labute approximate surface area is 114 Å². The number of nitrogens with one attached hydrogen (secondary N) is 1. The molecule has 0 bridgehead atoms. The topological polar surface area (TPSA) is 71.5 Å². The van der Waals surface area contributed by atoms with Gasteiger partial charge in [-0.15, -0.1) is 0 Å². The molecule has 0 aliphatic heterocycles. The molecule has 1 heterocycles. The lowest BCUT2D eigenvalue weighted by Gasteiger charge is -2.16. The molecule has 5 nitrogen and oxygen atoms in total. The first-order chi connectivity index (χ1) is 9.01. The van der Waals surface area contributed by atoms with Crippen molar-refractivity contribution in [1.29, 1.82) is 0 Å². The van der Waals surface area contributed by atoms with Crippen molar-refractivity contribution >= 4 is 5.97 Å². The molecule has 0 saturated heterocycles. The van der Waals surface area contributed by atoms with E-state index in [1.54, 1.807) is 13.3 Å². The lowest BCUT2D eigenvalue weighted by Crippen LogP contribution is -2.36. The van der Waals surface area contributed by atoms with Crippen molar-refractivity contribution in [1.82, 2.24) is 10.3 Å². The minimum Gasteiger partial charge on any atom is -0.496 e. The number of carbonyl (C=O) groups is 1. The Kier molecular flexibility index (Phi) is 5.76. The van der Waals surface area contributed by atoms with Gasteiger partial charge in [-0.3, -0.25) is 15.1 Å². The number of nitrogens with zero attached hydrogens (tertiary/aromatic N) is 1. The van der Waals surface area contributed by atoms with Gasteiger partial charge in [0, 0.05) is 23.9 Å². The lowest BCUT2D eigenvalue weighted by atomic mass is 10.1. The molecule has 1 aromatic rings. The third kappa shape index (κ3) is 3.92. The van der Waals surface area contributed by atoms with Gasteiger partial charge >= 0.3 is 5.97 Å². The SMILES string of the molecule is CCCC(NCc1ncc(C)c(OC)c1C)C(=O)O. The van der Waals surface area contributed by atoms with Crippen LogP contribution in [0.1, 0.15) is 36.6 Å². The van der Waals surface area contributed by atoms with Gasteiger partial charge in [-0.1, -0.05) is 13.3 Å². The second-order valence-electron chi connectivity index (χ2n) is 4.61. The Hall–Kier alpha value is -1.62. The van der Waals surface area contributed by atoms with Crippen LogP contribution in [0.25, 0.3) is 0 Å². The second kappa shape index (κ2) is 7.09. The Morgan fingerprint density at radius 2 is 2.21 bits per heavy atom. The number of hydrogen-bond acceptors (Lipinski definition) is 4. The van der Waals surface area contributed by atoms with Gasteiger partial charge in [0.2, 0.25) is 0 Å². The lowest BCUT2D eigenvalue weighted by molar-refractivity contribution is -0.139. The van der Waals surface area contributed by atoms with E-state index < -0.39 is 12.0 Å². The quantitative estimate of drug-likeness (QED) is 0.790. The maximum atomic E-state index is 11.1. The predicted molar refractivity (Wildman–Crippen MR) is 73.4 cm³/mol. The van der Waals surface area contributed by atoms with Crippen LogP contribution in [0, 0.1) is 13.8 Å². The van der Waals surface area contributed by atoms with Crippen LogP contribution in [0.15, 0.2) is 6.20 Å². The van der Waals surface area contributed by atoms with Crippen LogP contribution in [0.5, 0.6) is 5.75 Å². The minimum absolute atomic E-state index is 0.430. The molecule has 0 radical (unpaired) electrons. The zero-order chi connectivity index (χ0) is 14.4. The smallest absolute Gasteiger partial charge is 0.320 e. The van der Waals surface area contributed by atoms with Crippen LogP contribution < -0.4 is 10.1 Å².